The molecule has 1 aliphatic heterocycles. The topological polar surface area (TPSA) is 134 Å². The van der Waals surface area contributed by atoms with Gasteiger partial charge in [-0.2, -0.15) is 5.26 Å². The van der Waals surface area contributed by atoms with Gasteiger partial charge in [0, 0.05) is 24.8 Å². The summed E-state index contributed by atoms with van der Waals surface area (Å²) in [5.41, 5.74) is 0.109. The van der Waals surface area contributed by atoms with Gasteiger partial charge in [-0.05, 0) is 50.1 Å². The minimum absolute atomic E-state index is 0.175. The minimum atomic E-state index is -0.963. The first-order valence-electron chi connectivity index (χ1n) is 9.51. The molecule has 0 aliphatic carbocycles. The van der Waals surface area contributed by atoms with E-state index in [1.807, 2.05) is 0 Å². The Hall–Kier alpha value is -3.87. The molecule has 0 unspecified atom stereocenters. The molecule has 3 rings (SSSR count). The maximum Gasteiger partial charge on any atom is 0.303 e. The molecule has 0 spiro atoms. The Labute approximate surface area is 177 Å². The molecule has 2 atom stereocenters. The molecule has 0 bridgehead atoms. The van der Waals surface area contributed by atoms with Crippen LogP contribution in [0.4, 0.5) is 0 Å². The van der Waals surface area contributed by atoms with Crippen LogP contribution in [0, 0.1) is 21.4 Å². The van der Waals surface area contributed by atoms with Gasteiger partial charge in [-0.3, -0.25) is 9.59 Å². The van der Waals surface area contributed by atoms with Crippen molar-refractivity contribution >= 4 is 5.97 Å². The Morgan fingerprint density at radius 3 is 2.71 bits per heavy atom. The highest BCUT2D eigenvalue weighted by molar-refractivity contribution is 5.66. The number of pyridine rings is 1. The fourth-order valence-electron chi connectivity index (χ4n) is 3.66. The molecule has 0 amide bonds. The van der Waals surface area contributed by atoms with Crippen molar-refractivity contribution in [2.75, 3.05) is 6.61 Å². The maximum atomic E-state index is 13.0. The zero-order valence-electron chi connectivity index (χ0n) is 17.2. The van der Waals surface area contributed by atoms with Crippen molar-refractivity contribution in [1.82, 2.24) is 4.57 Å². The molecule has 162 valence electrons. The van der Waals surface area contributed by atoms with Gasteiger partial charge in [0.2, 0.25) is 0 Å². The van der Waals surface area contributed by atoms with Gasteiger partial charge in [0.25, 0.3) is 10.6 Å². The average molecular weight is 427 g/mol. The molecule has 0 saturated heterocycles. The normalized spacial score (nSPS) is 18.8. The molecule has 0 radical (unpaired) electrons. The molecule has 2 aromatic rings. The van der Waals surface area contributed by atoms with Crippen molar-refractivity contribution in [2.24, 2.45) is 0 Å². The number of rotatable bonds is 6. The van der Waals surface area contributed by atoms with Gasteiger partial charge in [0.1, 0.15) is 24.0 Å². The van der Waals surface area contributed by atoms with E-state index in [1.54, 1.807) is 38.1 Å². The standard InChI is InChI=1S/C21H21N3O7/c1-13(25)30-20-19(16-10-15(12-22)4-5-17(16)31-21(20,2)3)23-8-6-14(11-18(23)26)7-9-29-24(27)28/h4-6,8,10-11,19-20H,7,9H2,1-3H3/t19-,20+/m1/s1. The summed E-state index contributed by atoms with van der Waals surface area (Å²) < 4.78 is 13.0. The van der Waals surface area contributed by atoms with E-state index in [-0.39, 0.29) is 13.0 Å². The van der Waals surface area contributed by atoms with Crippen molar-refractivity contribution in [3.05, 3.63) is 73.7 Å². The molecule has 2 heterocycles. The van der Waals surface area contributed by atoms with Crippen LogP contribution in [0.5, 0.6) is 5.75 Å². The SMILES string of the molecule is CC(=O)O[C@H]1[C@H](n2ccc(CCO[N+](=O)[O-])cc2=O)c2cc(C#N)ccc2OC1(C)C. The monoisotopic (exact) mass is 427 g/mol. The highest BCUT2D eigenvalue weighted by atomic mass is 16.9. The predicted molar refractivity (Wildman–Crippen MR) is 107 cm³/mol. The Balaban J connectivity index is 2.09. The summed E-state index contributed by atoms with van der Waals surface area (Å²) in [6.07, 6.45) is 0.862. The summed E-state index contributed by atoms with van der Waals surface area (Å²) in [4.78, 5) is 39.4. The number of hydrogen-bond donors (Lipinski definition) is 0. The third kappa shape index (κ3) is 4.66. The van der Waals surface area contributed by atoms with E-state index in [1.165, 1.54) is 23.8 Å². The van der Waals surface area contributed by atoms with Crippen molar-refractivity contribution in [3.8, 4) is 11.8 Å². The lowest BCUT2D eigenvalue weighted by Crippen LogP contribution is -2.54. The second-order valence-corrected chi connectivity index (χ2v) is 7.63. The number of ether oxygens (including phenoxy) is 2. The van der Waals surface area contributed by atoms with E-state index in [0.717, 1.165) is 0 Å². The molecule has 10 nitrogen and oxygen atoms in total. The second kappa shape index (κ2) is 8.47. The smallest absolute Gasteiger partial charge is 0.303 e. The van der Waals surface area contributed by atoms with Gasteiger partial charge >= 0.3 is 5.97 Å². The number of hydrogen-bond acceptors (Lipinski definition) is 8. The van der Waals surface area contributed by atoms with Gasteiger partial charge in [-0.25, -0.2) is 0 Å². The third-order valence-corrected chi connectivity index (χ3v) is 5.00. The van der Waals surface area contributed by atoms with Crippen molar-refractivity contribution < 1.29 is 24.2 Å². The second-order valence-electron chi connectivity index (χ2n) is 7.63. The van der Waals surface area contributed by atoms with Gasteiger partial charge in [-0.1, -0.05) is 0 Å². The molecule has 1 aromatic heterocycles. The van der Waals surface area contributed by atoms with Crippen LogP contribution in [-0.2, 0) is 20.8 Å². The van der Waals surface area contributed by atoms with Crippen molar-refractivity contribution in [1.29, 1.82) is 5.26 Å². The molecule has 1 aliphatic rings. The predicted octanol–water partition coefficient (Wildman–Crippen LogP) is 2.16. The summed E-state index contributed by atoms with van der Waals surface area (Å²) in [6.45, 7) is 4.60. The third-order valence-electron chi connectivity index (χ3n) is 5.00. The summed E-state index contributed by atoms with van der Waals surface area (Å²) in [5, 5.41) is 18.7. The van der Waals surface area contributed by atoms with Crippen LogP contribution >= 0.6 is 0 Å². The number of nitrogens with zero attached hydrogens (tertiary/aromatic N) is 3. The quantitative estimate of drug-likeness (QED) is 0.389. The fourth-order valence-corrected chi connectivity index (χ4v) is 3.66. The molecule has 0 fully saturated rings. The largest absolute Gasteiger partial charge is 0.484 e. The average Bonchev–Trinajstić information content (AvgIpc) is 2.68. The Morgan fingerprint density at radius 1 is 1.35 bits per heavy atom. The van der Waals surface area contributed by atoms with Crippen LogP contribution in [0.15, 0.2) is 41.3 Å². The van der Waals surface area contributed by atoms with E-state index < -0.39 is 34.4 Å². The van der Waals surface area contributed by atoms with E-state index in [0.29, 0.717) is 22.4 Å². The van der Waals surface area contributed by atoms with E-state index >= 15 is 0 Å². The first-order chi connectivity index (χ1) is 14.6. The van der Waals surface area contributed by atoms with Crippen LogP contribution in [0.2, 0.25) is 0 Å². The highest BCUT2D eigenvalue weighted by Crippen LogP contribution is 2.43. The van der Waals surface area contributed by atoms with Gasteiger partial charge in [0.05, 0.1) is 11.6 Å². The lowest BCUT2D eigenvalue weighted by atomic mass is 9.85. The number of benzene rings is 1. The van der Waals surface area contributed by atoms with Crippen LogP contribution < -0.4 is 10.3 Å². The first-order valence-corrected chi connectivity index (χ1v) is 9.51. The van der Waals surface area contributed by atoms with Crippen LogP contribution in [0.3, 0.4) is 0 Å². The van der Waals surface area contributed by atoms with Crippen LogP contribution in [0.1, 0.15) is 43.5 Å². The summed E-state index contributed by atoms with van der Waals surface area (Å²) in [6, 6.07) is 9.19. The minimum Gasteiger partial charge on any atom is -0.484 e. The number of nitriles is 1. The zero-order valence-corrected chi connectivity index (χ0v) is 17.2. The highest BCUT2D eigenvalue weighted by Gasteiger charge is 2.47. The Kier molecular flexibility index (Phi) is 5.97. The van der Waals surface area contributed by atoms with Crippen LogP contribution in [0.25, 0.3) is 0 Å². The zero-order chi connectivity index (χ0) is 22.8. The van der Waals surface area contributed by atoms with Gasteiger partial charge < -0.3 is 18.9 Å². The van der Waals surface area contributed by atoms with E-state index in [2.05, 4.69) is 10.9 Å². The Morgan fingerprint density at radius 2 is 2.10 bits per heavy atom. The summed E-state index contributed by atoms with van der Waals surface area (Å²) in [5.74, 6) is -0.0547. The number of carbonyl (C=O) groups excluding carboxylic acids is 1. The molecule has 1 aromatic carbocycles. The fraction of sp³-hybridized carbons (Fsp3) is 0.381. The number of esters is 1. The maximum absolute atomic E-state index is 13.0. The Bertz CT molecular complexity index is 1120. The molecule has 0 saturated carbocycles. The van der Waals surface area contributed by atoms with Crippen LogP contribution in [-0.4, -0.2) is 33.9 Å². The molecule has 0 N–H and O–H groups in total. The molecule has 10 heteroatoms. The van der Waals surface area contributed by atoms with Gasteiger partial charge in [0.15, 0.2) is 6.10 Å². The lowest BCUT2D eigenvalue weighted by molar-refractivity contribution is -0.757. The molecule has 31 heavy (non-hydrogen) atoms. The van der Waals surface area contributed by atoms with E-state index in [4.69, 9.17) is 9.47 Å². The van der Waals surface area contributed by atoms with Crippen molar-refractivity contribution in [2.45, 2.75) is 44.9 Å². The number of fused-ring (bicyclic) bond motifs is 1. The summed E-state index contributed by atoms with van der Waals surface area (Å²) >= 11 is 0. The molecular weight excluding hydrogens is 406 g/mol. The number of aromatic nitrogens is 1. The first kappa shape index (κ1) is 21.8. The summed E-state index contributed by atoms with van der Waals surface area (Å²) in [7, 11) is 0. The van der Waals surface area contributed by atoms with E-state index in [9.17, 15) is 25.0 Å². The van der Waals surface area contributed by atoms with Gasteiger partial charge in [-0.15, -0.1) is 10.1 Å². The van der Waals surface area contributed by atoms with Crippen molar-refractivity contribution in [3.63, 3.8) is 0 Å². The molecular formula is C21H21N3O7. The lowest BCUT2D eigenvalue weighted by Gasteiger charge is -2.44. The number of carbonyl (C=O) groups is 1.